The second-order valence-corrected chi connectivity index (χ2v) is 6.94. The zero-order valence-electron chi connectivity index (χ0n) is 12.2. The second-order valence-electron chi connectivity index (χ2n) is 6.94. The molecule has 0 aromatic carbocycles. The van der Waals surface area contributed by atoms with Crippen LogP contribution < -0.4 is 5.32 Å². The van der Waals surface area contributed by atoms with E-state index in [1.807, 2.05) is 0 Å². The number of hydrogen-bond donors (Lipinski definition) is 1. The van der Waals surface area contributed by atoms with E-state index in [9.17, 15) is 0 Å². The Bertz CT molecular complexity index is 229. The molecule has 2 heteroatoms. The molecular weight excluding hydrogens is 196 g/mol. The minimum absolute atomic E-state index is 0.298. The molecule has 0 aromatic heterocycles. The summed E-state index contributed by atoms with van der Waals surface area (Å²) in [6, 6.07) is 1.28. The van der Waals surface area contributed by atoms with Gasteiger partial charge in [0.25, 0.3) is 0 Å². The molecule has 96 valence electrons. The van der Waals surface area contributed by atoms with Crippen molar-refractivity contribution in [2.45, 2.75) is 72.5 Å². The summed E-state index contributed by atoms with van der Waals surface area (Å²) in [4.78, 5) is 2.68. The van der Waals surface area contributed by atoms with Crippen LogP contribution in [0.3, 0.4) is 0 Å². The number of rotatable bonds is 2. The Balaban J connectivity index is 2.84. The predicted molar refractivity (Wildman–Crippen MR) is 71.8 cm³/mol. The maximum Gasteiger partial charge on any atom is 0.0278 e. The van der Waals surface area contributed by atoms with Crippen molar-refractivity contribution >= 4 is 0 Å². The fraction of sp³-hybridized carbons (Fsp3) is 1.00. The van der Waals surface area contributed by atoms with E-state index in [4.69, 9.17) is 0 Å². The van der Waals surface area contributed by atoms with E-state index in [1.165, 1.54) is 13.0 Å². The van der Waals surface area contributed by atoms with Crippen LogP contribution in [-0.2, 0) is 0 Å². The first-order chi connectivity index (χ1) is 7.19. The minimum Gasteiger partial charge on any atom is -0.309 e. The number of nitrogens with one attached hydrogen (secondary N) is 1. The summed E-state index contributed by atoms with van der Waals surface area (Å²) >= 11 is 0. The first kappa shape index (κ1) is 14.0. The molecule has 0 aliphatic carbocycles. The molecule has 16 heavy (non-hydrogen) atoms. The van der Waals surface area contributed by atoms with Gasteiger partial charge in [0.2, 0.25) is 0 Å². The Morgan fingerprint density at radius 1 is 1.38 bits per heavy atom. The van der Waals surface area contributed by atoms with Crippen molar-refractivity contribution in [1.82, 2.24) is 10.2 Å². The largest absolute Gasteiger partial charge is 0.309 e. The second kappa shape index (κ2) is 4.66. The zero-order valence-corrected chi connectivity index (χ0v) is 12.2. The van der Waals surface area contributed by atoms with Gasteiger partial charge in [0.1, 0.15) is 0 Å². The molecule has 1 N–H and O–H groups in total. The van der Waals surface area contributed by atoms with Crippen LogP contribution in [0.25, 0.3) is 0 Å². The van der Waals surface area contributed by atoms with E-state index >= 15 is 0 Å². The molecule has 1 rings (SSSR count). The van der Waals surface area contributed by atoms with Gasteiger partial charge in [-0.05, 0) is 32.6 Å². The molecule has 0 aromatic rings. The van der Waals surface area contributed by atoms with E-state index in [2.05, 4.69) is 58.7 Å². The minimum atomic E-state index is 0.298. The fourth-order valence-electron chi connectivity index (χ4n) is 2.61. The molecule has 1 aliphatic rings. The summed E-state index contributed by atoms with van der Waals surface area (Å²) in [5.41, 5.74) is 0.651. The van der Waals surface area contributed by atoms with E-state index < -0.39 is 0 Å². The highest BCUT2D eigenvalue weighted by atomic mass is 15.3. The van der Waals surface area contributed by atoms with Crippen LogP contribution in [-0.4, -0.2) is 35.6 Å². The smallest absolute Gasteiger partial charge is 0.0278 e. The number of hydrogen-bond acceptors (Lipinski definition) is 2. The Morgan fingerprint density at radius 2 is 1.94 bits per heavy atom. The van der Waals surface area contributed by atoms with Gasteiger partial charge in [-0.25, -0.2) is 0 Å². The predicted octanol–water partition coefficient (Wildman–Crippen LogP) is 2.88. The van der Waals surface area contributed by atoms with Crippen LogP contribution in [0, 0.1) is 5.41 Å². The molecule has 0 saturated carbocycles. The molecule has 2 nitrogen and oxygen atoms in total. The summed E-state index contributed by atoms with van der Waals surface area (Å²) in [7, 11) is 0. The SMILES string of the molecule is CCC1(C)CN(C(C)C)C(C(C)(C)C)CN1. The molecule has 2 atom stereocenters. The van der Waals surface area contributed by atoms with Crippen molar-refractivity contribution in [2.24, 2.45) is 5.41 Å². The van der Waals surface area contributed by atoms with Crippen molar-refractivity contribution < 1.29 is 0 Å². The van der Waals surface area contributed by atoms with Gasteiger partial charge in [0.15, 0.2) is 0 Å². The van der Waals surface area contributed by atoms with Gasteiger partial charge < -0.3 is 5.32 Å². The summed E-state index contributed by atoms with van der Waals surface area (Å²) in [6.07, 6.45) is 1.20. The lowest BCUT2D eigenvalue weighted by atomic mass is 9.80. The lowest BCUT2D eigenvalue weighted by Gasteiger charge is -2.52. The molecule has 2 unspecified atom stereocenters. The van der Waals surface area contributed by atoms with Crippen molar-refractivity contribution in [1.29, 1.82) is 0 Å². The Labute approximate surface area is 102 Å². The highest BCUT2D eigenvalue weighted by molar-refractivity contribution is 4.99. The normalized spacial score (nSPS) is 33.4. The standard InChI is InChI=1S/C14H30N2/c1-8-14(7)10-16(11(2)3)12(9-15-14)13(4,5)6/h11-12,15H,8-10H2,1-7H3. The van der Waals surface area contributed by atoms with Crippen LogP contribution in [0.4, 0.5) is 0 Å². The average Bonchev–Trinajstić information content (AvgIpc) is 2.15. The van der Waals surface area contributed by atoms with Crippen LogP contribution in [0.15, 0.2) is 0 Å². The summed E-state index contributed by atoms with van der Waals surface area (Å²) < 4.78 is 0. The van der Waals surface area contributed by atoms with Crippen molar-refractivity contribution in [2.75, 3.05) is 13.1 Å². The Morgan fingerprint density at radius 3 is 2.31 bits per heavy atom. The maximum absolute atomic E-state index is 3.74. The van der Waals surface area contributed by atoms with E-state index in [0.717, 1.165) is 6.54 Å². The molecular formula is C14H30N2. The Hall–Kier alpha value is -0.0800. The highest BCUT2D eigenvalue weighted by Gasteiger charge is 2.40. The third kappa shape index (κ3) is 2.98. The number of piperazine rings is 1. The third-order valence-electron chi connectivity index (χ3n) is 4.10. The summed E-state index contributed by atoms with van der Waals surface area (Å²) in [5.74, 6) is 0. The number of nitrogens with zero attached hydrogens (tertiary/aromatic N) is 1. The van der Waals surface area contributed by atoms with Gasteiger partial charge >= 0.3 is 0 Å². The summed E-state index contributed by atoms with van der Waals surface area (Å²) in [5, 5.41) is 3.74. The summed E-state index contributed by atoms with van der Waals surface area (Å²) in [6.45, 7) is 18.6. The van der Waals surface area contributed by atoms with E-state index in [-0.39, 0.29) is 0 Å². The third-order valence-corrected chi connectivity index (χ3v) is 4.10. The van der Waals surface area contributed by atoms with E-state index in [1.54, 1.807) is 0 Å². The molecule has 1 fully saturated rings. The molecule has 0 radical (unpaired) electrons. The maximum atomic E-state index is 3.74. The van der Waals surface area contributed by atoms with Crippen molar-refractivity contribution in [3.8, 4) is 0 Å². The lowest BCUT2D eigenvalue weighted by molar-refractivity contribution is 0.00493. The molecule has 1 aliphatic heterocycles. The topological polar surface area (TPSA) is 15.3 Å². The Kier molecular flexibility index (Phi) is 4.07. The first-order valence-corrected chi connectivity index (χ1v) is 6.70. The van der Waals surface area contributed by atoms with Gasteiger partial charge in [-0.3, -0.25) is 4.90 Å². The highest BCUT2D eigenvalue weighted by Crippen LogP contribution is 2.31. The van der Waals surface area contributed by atoms with Gasteiger partial charge in [0.05, 0.1) is 0 Å². The zero-order chi connectivity index (χ0) is 12.6. The van der Waals surface area contributed by atoms with Gasteiger partial charge in [-0.15, -0.1) is 0 Å². The molecule has 0 amide bonds. The van der Waals surface area contributed by atoms with Crippen molar-refractivity contribution in [3.63, 3.8) is 0 Å². The van der Waals surface area contributed by atoms with Crippen LogP contribution in [0.5, 0.6) is 0 Å². The van der Waals surface area contributed by atoms with Crippen LogP contribution in [0.1, 0.15) is 54.9 Å². The molecule has 1 saturated heterocycles. The first-order valence-electron chi connectivity index (χ1n) is 6.70. The van der Waals surface area contributed by atoms with E-state index in [0.29, 0.717) is 23.0 Å². The average molecular weight is 226 g/mol. The van der Waals surface area contributed by atoms with Gasteiger partial charge in [-0.1, -0.05) is 27.7 Å². The molecule has 0 bridgehead atoms. The monoisotopic (exact) mass is 226 g/mol. The van der Waals surface area contributed by atoms with Crippen LogP contribution in [0.2, 0.25) is 0 Å². The van der Waals surface area contributed by atoms with Crippen LogP contribution >= 0.6 is 0 Å². The van der Waals surface area contributed by atoms with Crippen molar-refractivity contribution in [3.05, 3.63) is 0 Å². The molecule has 1 heterocycles. The lowest BCUT2D eigenvalue weighted by Crippen LogP contribution is -2.66. The van der Waals surface area contributed by atoms with Gasteiger partial charge in [0, 0.05) is 30.7 Å². The van der Waals surface area contributed by atoms with Gasteiger partial charge in [-0.2, -0.15) is 0 Å². The molecule has 0 spiro atoms. The fourth-order valence-corrected chi connectivity index (χ4v) is 2.61. The quantitative estimate of drug-likeness (QED) is 0.779.